The van der Waals surface area contributed by atoms with Crippen LogP contribution >= 0.6 is 0 Å². The Morgan fingerprint density at radius 1 is 1.47 bits per heavy atom. The first-order valence-corrected chi connectivity index (χ1v) is 9.74. The maximum absolute atomic E-state index is 14.6. The fourth-order valence-corrected chi connectivity index (χ4v) is 4.55. The van der Waals surface area contributed by atoms with Gasteiger partial charge in [0.1, 0.15) is 0 Å². The molecule has 5 rings (SSSR count). The second-order valence-corrected chi connectivity index (χ2v) is 8.51. The number of hydrogen-bond donors (Lipinski definition) is 3. The smallest absolute Gasteiger partial charge is 0.229 e. The number of halogens is 1. The number of aromatic nitrogens is 4. The van der Waals surface area contributed by atoms with Crippen LogP contribution in [0.1, 0.15) is 12.8 Å². The molecule has 4 atom stereocenters. The zero-order chi connectivity index (χ0) is 21.1. The van der Waals surface area contributed by atoms with Crippen LogP contribution in [-0.4, -0.2) is 56.0 Å². The summed E-state index contributed by atoms with van der Waals surface area (Å²) in [5.41, 5.74) is -0.490. The van der Waals surface area contributed by atoms with Gasteiger partial charge in [0.25, 0.3) is 0 Å². The van der Waals surface area contributed by atoms with Crippen molar-refractivity contribution in [2.45, 2.75) is 18.4 Å². The Hall–Kier alpha value is -3.26. The van der Waals surface area contributed by atoms with E-state index in [0.717, 1.165) is 6.20 Å². The van der Waals surface area contributed by atoms with Gasteiger partial charge in [-0.05, 0) is 12.8 Å². The molecule has 156 valence electrons. The number of aliphatic hydroxyl groups excluding tert-OH is 1. The first-order valence-electron chi connectivity index (χ1n) is 9.74. The van der Waals surface area contributed by atoms with E-state index in [2.05, 4.69) is 31.8 Å². The summed E-state index contributed by atoms with van der Waals surface area (Å²) in [5, 5.41) is 29.1. The van der Waals surface area contributed by atoms with E-state index in [1.165, 1.54) is 0 Å². The van der Waals surface area contributed by atoms with Crippen LogP contribution in [0.25, 0.3) is 0 Å². The molecule has 0 aromatic carbocycles. The van der Waals surface area contributed by atoms with E-state index in [4.69, 9.17) is 5.26 Å². The Bertz CT molecular complexity index is 1070. The highest BCUT2D eigenvalue weighted by Gasteiger charge is 2.73. The zero-order valence-corrected chi connectivity index (χ0v) is 16.3. The van der Waals surface area contributed by atoms with Gasteiger partial charge in [0.15, 0.2) is 11.6 Å². The highest BCUT2D eigenvalue weighted by atomic mass is 19.1. The van der Waals surface area contributed by atoms with Crippen LogP contribution in [0, 0.1) is 34.4 Å². The lowest BCUT2D eigenvalue weighted by molar-refractivity contribution is -0.123. The van der Waals surface area contributed by atoms with Crippen LogP contribution in [0.5, 0.6) is 0 Å². The molecule has 3 N–H and O–H groups in total. The molecule has 2 saturated carbocycles. The number of aryl methyl sites for hydroxylation is 1. The van der Waals surface area contributed by atoms with Crippen molar-refractivity contribution in [3.05, 3.63) is 24.4 Å². The Balaban J connectivity index is 1.35. The topological polar surface area (TPSA) is 132 Å². The summed E-state index contributed by atoms with van der Waals surface area (Å²) < 4.78 is 16.2. The quantitative estimate of drug-likeness (QED) is 0.618. The van der Waals surface area contributed by atoms with Crippen molar-refractivity contribution in [2.24, 2.45) is 24.3 Å². The van der Waals surface area contributed by atoms with Crippen molar-refractivity contribution >= 4 is 23.4 Å². The Morgan fingerprint density at radius 3 is 2.97 bits per heavy atom. The first-order chi connectivity index (χ1) is 14.4. The minimum Gasteiger partial charge on any atom is -0.396 e. The van der Waals surface area contributed by atoms with E-state index in [0.29, 0.717) is 31.6 Å². The lowest BCUT2D eigenvalue weighted by Gasteiger charge is -2.23. The van der Waals surface area contributed by atoms with Gasteiger partial charge < -0.3 is 20.6 Å². The maximum Gasteiger partial charge on any atom is 0.229 e. The summed E-state index contributed by atoms with van der Waals surface area (Å²) in [7, 11) is 1.78. The summed E-state index contributed by atoms with van der Waals surface area (Å²) >= 11 is 0. The normalized spacial score (nSPS) is 31.1. The molecule has 0 radical (unpaired) electrons. The predicted molar refractivity (Wildman–Crippen MR) is 103 cm³/mol. The van der Waals surface area contributed by atoms with Gasteiger partial charge in [-0.1, -0.05) is 0 Å². The number of anilines is 3. The minimum absolute atomic E-state index is 0.117. The highest BCUT2D eigenvalue weighted by Crippen LogP contribution is 2.61. The van der Waals surface area contributed by atoms with Gasteiger partial charge >= 0.3 is 0 Å². The van der Waals surface area contributed by atoms with E-state index < -0.39 is 16.8 Å². The number of nitrogens with one attached hydrogen (secondary N) is 2. The lowest BCUT2D eigenvalue weighted by atomic mass is 10.0. The number of amides is 1. The third-order valence-electron chi connectivity index (χ3n) is 6.43. The first kappa shape index (κ1) is 18.7. The summed E-state index contributed by atoms with van der Waals surface area (Å²) in [4.78, 5) is 22.5. The van der Waals surface area contributed by atoms with E-state index >= 15 is 0 Å². The number of hydrogen-bond acceptors (Lipinski definition) is 8. The van der Waals surface area contributed by atoms with Crippen molar-refractivity contribution in [1.82, 2.24) is 25.1 Å². The molecule has 1 saturated heterocycles. The second kappa shape index (κ2) is 6.37. The number of nitrogens with zero attached hydrogens (tertiary/aromatic N) is 6. The lowest BCUT2D eigenvalue weighted by Crippen LogP contribution is -2.45. The summed E-state index contributed by atoms with van der Waals surface area (Å²) in [6.07, 6.45) is 5.64. The van der Waals surface area contributed by atoms with Gasteiger partial charge in [-0.15, -0.1) is 0 Å². The molecular formula is C19H21FN8O2. The largest absolute Gasteiger partial charge is 0.396 e. The highest BCUT2D eigenvalue weighted by molar-refractivity contribution is 5.84. The Morgan fingerprint density at radius 2 is 2.30 bits per heavy atom. The maximum atomic E-state index is 14.6. The zero-order valence-electron chi connectivity index (χ0n) is 16.3. The minimum atomic E-state index is -0.629. The van der Waals surface area contributed by atoms with Crippen molar-refractivity contribution in [2.75, 3.05) is 29.9 Å². The molecular weight excluding hydrogens is 391 g/mol. The molecule has 3 aliphatic rings. The van der Waals surface area contributed by atoms with E-state index in [1.54, 1.807) is 29.0 Å². The van der Waals surface area contributed by atoms with Crippen LogP contribution in [0.2, 0.25) is 0 Å². The van der Waals surface area contributed by atoms with E-state index in [-0.39, 0.29) is 36.1 Å². The van der Waals surface area contributed by atoms with Crippen molar-refractivity contribution in [1.29, 1.82) is 5.26 Å². The van der Waals surface area contributed by atoms with Gasteiger partial charge in [-0.25, -0.2) is 9.37 Å². The van der Waals surface area contributed by atoms with Crippen LogP contribution in [0.3, 0.4) is 0 Å². The summed E-state index contributed by atoms with van der Waals surface area (Å²) in [6, 6.07) is 2.11. The van der Waals surface area contributed by atoms with Crippen molar-refractivity contribution < 1.29 is 14.3 Å². The van der Waals surface area contributed by atoms with Crippen LogP contribution in [0.15, 0.2) is 18.6 Å². The fraction of sp³-hybridized carbons (Fsp3) is 0.526. The van der Waals surface area contributed by atoms with Gasteiger partial charge in [0, 0.05) is 31.7 Å². The number of rotatable bonds is 6. The molecule has 3 fully saturated rings. The molecule has 30 heavy (non-hydrogen) atoms. The standard InChI is InChI=1S/C19H21FN8O2/c1-27-6-12(4-23-27)24-17-22-5-14(20)15(25-17)28-8-18(10-29)7-19(18,9-28)26-16(30)13-2-11(13)3-21/h4-6,11,13,29H,2,7-10H2,1H3,(H,26,30)(H,22,24,25)/t11-,13+,18-,19+/m0/s1. The summed E-state index contributed by atoms with van der Waals surface area (Å²) in [6.45, 7) is 0.587. The molecule has 10 nitrogen and oxygen atoms in total. The van der Waals surface area contributed by atoms with Gasteiger partial charge in [0.2, 0.25) is 11.9 Å². The number of carbonyl (C=O) groups is 1. The number of carbonyl (C=O) groups excluding carboxylic acids is 1. The monoisotopic (exact) mass is 412 g/mol. The molecule has 0 bridgehead atoms. The summed E-state index contributed by atoms with van der Waals surface area (Å²) in [5.74, 6) is -0.921. The predicted octanol–water partition coefficient (Wildman–Crippen LogP) is 0.310. The molecule has 2 aromatic heterocycles. The van der Waals surface area contributed by atoms with Crippen LogP contribution < -0.4 is 15.5 Å². The van der Waals surface area contributed by atoms with Gasteiger partial charge in [-0.3, -0.25) is 9.48 Å². The number of fused-ring (bicyclic) bond motifs is 1. The van der Waals surface area contributed by atoms with Gasteiger partial charge in [0.05, 0.1) is 48.1 Å². The Labute approximate surface area is 171 Å². The van der Waals surface area contributed by atoms with Crippen molar-refractivity contribution in [3.63, 3.8) is 0 Å². The van der Waals surface area contributed by atoms with Crippen LogP contribution in [-0.2, 0) is 11.8 Å². The fourth-order valence-electron chi connectivity index (χ4n) is 4.55. The number of aliphatic hydroxyl groups is 1. The third-order valence-corrected chi connectivity index (χ3v) is 6.43. The number of nitriles is 1. The SMILES string of the molecule is Cn1cc(Nc2ncc(F)c(N3C[C@]4(CO)C[C@@]4(NC(=O)[C@@H]4C[C@H]4C#N)C3)n2)cn1. The molecule has 1 amide bonds. The molecule has 3 heterocycles. The Kier molecular flexibility index (Phi) is 3.98. The second-order valence-electron chi connectivity index (χ2n) is 8.51. The number of piperidine rings is 1. The average Bonchev–Trinajstić information content (AvgIpc) is 3.56. The molecule has 11 heteroatoms. The molecule has 2 aliphatic carbocycles. The van der Waals surface area contributed by atoms with E-state index in [1.807, 2.05) is 0 Å². The molecule has 0 spiro atoms. The van der Waals surface area contributed by atoms with Crippen molar-refractivity contribution in [3.8, 4) is 6.07 Å². The third kappa shape index (κ3) is 2.87. The van der Waals surface area contributed by atoms with E-state index in [9.17, 15) is 14.3 Å². The van der Waals surface area contributed by atoms with Gasteiger partial charge in [-0.2, -0.15) is 15.3 Å². The molecule has 2 aromatic rings. The molecule has 1 aliphatic heterocycles. The van der Waals surface area contributed by atoms with Crippen LogP contribution in [0.4, 0.5) is 21.8 Å². The molecule has 0 unspecified atom stereocenters. The average molecular weight is 412 g/mol.